The summed E-state index contributed by atoms with van der Waals surface area (Å²) >= 11 is 3.36. The van der Waals surface area contributed by atoms with Crippen molar-refractivity contribution in [1.29, 1.82) is 0 Å². The van der Waals surface area contributed by atoms with Crippen LogP contribution in [-0.2, 0) is 9.59 Å². The van der Waals surface area contributed by atoms with Gasteiger partial charge in [0.05, 0.1) is 20.1 Å². The molecule has 0 spiro atoms. The Morgan fingerprint density at radius 1 is 1.15 bits per heavy atom. The number of pyridine rings is 1. The number of carbonyl (C=O) groups is 2. The van der Waals surface area contributed by atoms with E-state index in [1.54, 1.807) is 32.5 Å². The molecule has 1 N–H and O–H groups in total. The summed E-state index contributed by atoms with van der Waals surface area (Å²) in [5, 5.41) is 2.90. The normalized spacial score (nSPS) is 21.5. The monoisotopic (exact) mass is 525 g/mol. The predicted molar refractivity (Wildman–Crippen MR) is 135 cm³/mol. The van der Waals surface area contributed by atoms with Crippen LogP contribution in [0.15, 0.2) is 57.3 Å². The Labute approximate surface area is 207 Å². The third kappa shape index (κ3) is 4.64. The zero-order chi connectivity index (χ0) is 24.6. The van der Waals surface area contributed by atoms with Crippen molar-refractivity contribution in [3.63, 3.8) is 0 Å². The van der Waals surface area contributed by atoms with E-state index in [0.29, 0.717) is 41.4 Å². The van der Waals surface area contributed by atoms with Crippen molar-refractivity contribution in [2.45, 2.75) is 39.5 Å². The molecule has 0 saturated heterocycles. The number of hydrogen-bond donors (Lipinski definition) is 1. The van der Waals surface area contributed by atoms with Crippen LogP contribution in [0.1, 0.15) is 45.1 Å². The molecule has 7 nitrogen and oxygen atoms in total. The first-order valence-corrected chi connectivity index (χ1v) is 11.9. The van der Waals surface area contributed by atoms with E-state index < -0.39 is 11.8 Å². The Morgan fingerprint density at radius 2 is 1.91 bits per heavy atom. The lowest BCUT2D eigenvalue weighted by molar-refractivity contribution is -0.119. The molecule has 0 bridgehead atoms. The summed E-state index contributed by atoms with van der Waals surface area (Å²) in [6.07, 6.45) is 2.69. The fraction of sp³-hybridized carbons (Fsp3) is 0.385. The number of nitrogens with one attached hydrogen (secondary N) is 1. The van der Waals surface area contributed by atoms with E-state index >= 15 is 0 Å². The molecule has 1 aliphatic heterocycles. The Kier molecular flexibility index (Phi) is 6.62. The second-order valence-corrected chi connectivity index (χ2v) is 10.4. The number of anilines is 1. The number of benzene rings is 1. The zero-order valence-corrected chi connectivity index (χ0v) is 21.5. The number of nitrogens with zero attached hydrogens (tertiary/aromatic N) is 2. The Bertz CT molecular complexity index is 1200. The number of halogens is 1. The number of ketones is 1. The lowest BCUT2D eigenvalue weighted by Crippen LogP contribution is -2.41. The molecule has 0 fully saturated rings. The fourth-order valence-corrected chi connectivity index (χ4v) is 5.08. The average molecular weight is 526 g/mol. The molecular weight excluding hydrogens is 498 g/mol. The van der Waals surface area contributed by atoms with Gasteiger partial charge in [-0.3, -0.25) is 14.6 Å². The highest BCUT2D eigenvalue weighted by molar-refractivity contribution is 9.10. The van der Waals surface area contributed by atoms with Gasteiger partial charge in [-0.05, 0) is 52.9 Å². The molecule has 2 aliphatic rings. The number of Topliss-reactive ketones (excluding diaryl/α,β-unsaturated/α-hetero) is 1. The number of amides is 1. The molecule has 1 unspecified atom stereocenters. The third-order valence-electron chi connectivity index (χ3n) is 6.34. The molecule has 0 radical (unpaired) electrons. The minimum absolute atomic E-state index is 0.0185. The first kappa shape index (κ1) is 24.1. The Hall–Kier alpha value is -3.00. The largest absolute Gasteiger partial charge is 0.497 e. The number of carbonyl (C=O) groups excluding carboxylic acids is 2. The minimum Gasteiger partial charge on any atom is -0.497 e. The first-order valence-electron chi connectivity index (χ1n) is 11.1. The molecule has 1 amide bonds. The van der Waals surface area contributed by atoms with E-state index in [9.17, 15) is 9.59 Å². The molecule has 2 atom stereocenters. The number of allylic oxidation sites excluding steroid dienone is 2. The molecule has 2 aromatic rings. The topological polar surface area (TPSA) is 89.9 Å². The lowest BCUT2D eigenvalue weighted by atomic mass is 9.66. The summed E-state index contributed by atoms with van der Waals surface area (Å²) in [6, 6.07) is 9.00. The SMILES string of the molecule is COc1ccc([C@@H]2C3=C(CC(C)(C)CC3=O)N=C(C)C2C(=O)Nc2ccc(Br)cn2)c(OC)c1. The summed E-state index contributed by atoms with van der Waals surface area (Å²) in [6.45, 7) is 5.99. The van der Waals surface area contributed by atoms with Crippen LogP contribution in [0.3, 0.4) is 0 Å². The lowest BCUT2D eigenvalue weighted by Gasteiger charge is -2.39. The molecule has 178 valence electrons. The average Bonchev–Trinajstić information content (AvgIpc) is 2.78. The van der Waals surface area contributed by atoms with Gasteiger partial charge in [-0.1, -0.05) is 19.9 Å². The molecule has 1 aliphatic carbocycles. The highest BCUT2D eigenvalue weighted by atomic mass is 79.9. The van der Waals surface area contributed by atoms with Crippen molar-refractivity contribution in [3.05, 3.63) is 57.8 Å². The maximum Gasteiger partial charge on any atom is 0.235 e. The highest BCUT2D eigenvalue weighted by Crippen LogP contribution is 2.49. The van der Waals surface area contributed by atoms with Gasteiger partial charge in [0.2, 0.25) is 5.91 Å². The van der Waals surface area contributed by atoms with E-state index in [0.717, 1.165) is 15.7 Å². The van der Waals surface area contributed by atoms with Gasteiger partial charge in [0.25, 0.3) is 0 Å². The fourth-order valence-electron chi connectivity index (χ4n) is 4.85. The predicted octanol–water partition coefficient (Wildman–Crippen LogP) is 5.32. The maximum absolute atomic E-state index is 13.6. The molecule has 2 heterocycles. The Morgan fingerprint density at radius 3 is 2.56 bits per heavy atom. The van der Waals surface area contributed by atoms with Crippen molar-refractivity contribution >= 4 is 39.1 Å². The minimum atomic E-state index is -0.698. The second-order valence-electron chi connectivity index (χ2n) is 9.47. The van der Waals surface area contributed by atoms with Gasteiger partial charge in [0.15, 0.2) is 5.78 Å². The van der Waals surface area contributed by atoms with Crippen LogP contribution in [-0.4, -0.2) is 36.6 Å². The molecule has 1 aromatic heterocycles. The van der Waals surface area contributed by atoms with Crippen LogP contribution in [0.4, 0.5) is 5.82 Å². The van der Waals surface area contributed by atoms with Crippen LogP contribution >= 0.6 is 15.9 Å². The molecule has 8 heteroatoms. The third-order valence-corrected chi connectivity index (χ3v) is 6.81. The number of methoxy groups -OCH3 is 2. The van der Waals surface area contributed by atoms with Crippen molar-refractivity contribution < 1.29 is 19.1 Å². The van der Waals surface area contributed by atoms with Gasteiger partial charge in [-0.15, -0.1) is 0 Å². The molecule has 0 saturated carbocycles. The van der Waals surface area contributed by atoms with Gasteiger partial charge in [0, 0.05) is 51.6 Å². The van der Waals surface area contributed by atoms with E-state index in [1.165, 1.54) is 0 Å². The number of hydrogen-bond acceptors (Lipinski definition) is 6. The number of aliphatic imine (C=N–C) groups is 1. The van der Waals surface area contributed by atoms with Gasteiger partial charge >= 0.3 is 0 Å². The Balaban J connectivity index is 1.84. The molecule has 4 rings (SSSR count). The summed E-state index contributed by atoms with van der Waals surface area (Å²) in [5.74, 6) is 0.129. The number of aromatic nitrogens is 1. The first-order chi connectivity index (χ1) is 16.1. The molecule has 34 heavy (non-hydrogen) atoms. The van der Waals surface area contributed by atoms with E-state index in [1.807, 2.05) is 25.1 Å². The second kappa shape index (κ2) is 9.33. The van der Waals surface area contributed by atoms with Crippen molar-refractivity contribution in [3.8, 4) is 11.5 Å². The van der Waals surface area contributed by atoms with Crippen LogP contribution in [0, 0.1) is 11.3 Å². The highest BCUT2D eigenvalue weighted by Gasteiger charge is 2.46. The molecular formula is C26H28BrN3O4. The smallest absolute Gasteiger partial charge is 0.235 e. The van der Waals surface area contributed by atoms with Gasteiger partial charge in [0.1, 0.15) is 17.3 Å². The summed E-state index contributed by atoms with van der Waals surface area (Å²) in [7, 11) is 3.16. The quantitative estimate of drug-likeness (QED) is 0.570. The summed E-state index contributed by atoms with van der Waals surface area (Å²) in [4.78, 5) is 36.2. The summed E-state index contributed by atoms with van der Waals surface area (Å²) in [5.41, 5.74) is 2.57. The van der Waals surface area contributed by atoms with E-state index in [-0.39, 0.29) is 17.1 Å². The van der Waals surface area contributed by atoms with Crippen LogP contribution < -0.4 is 14.8 Å². The maximum atomic E-state index is 13.6. The van der Waals surface area contributed by atoms with Crippen LogP contribution in [0.5, 0.6) is 11.5 Å². The van der Waals surface area contributed by atoms with Crippen LogP contribution in [0.2, 0.25) is 0 Å². The van der Waals surface area contributed by atoms with E-state index in [2.05, 4.69) is 40.1 Å². The van der Waals surface area contributed by atoms with Crippen LogP contribution in [0.25, 0.3) is 0 Å². The summed E-state index contributed by atoms with van der Waals surface area (Å²) < 4.78 is 11.9. The van der Waals surface area contributed by atoms with Gasteiger partial charge in [-0.25, -0.2) is 4.98 Å². The van der Waals surface area contributed by atoms with Crippen molar-refractivity contribution in [2.24, 2.45) is 16.3 Å². The number of ether oxygens (including phenoxy) is 2. The van der Waals surface area contributed by atoms with Crippen molar-refractivity contribution in [2.75, 3.05) is 19.5 Å². The molecule has 1 aromatic carbocycles. The van der Waals surface area contributed by atoms with Gasteiger partial charge in [-0.2, -0.15) is 0 Å². The van der Waals surface area contributed by atoms with Crippen molar-refractivity contribution in [1.82, 2.24) is 4.98 Å². The number of rotatable bonds is 5. The standard InChI is InChI=1S/C26H28BrN3O4/c1-14-22(25(32)30-21-9-6-15(27)13-28-21)23(17-8-7-16(33-4)10-20(17)34-5)24-18(29-14)11-26(2,3)12-19(24)31/h6-10,13,22-23H,11-12H2,1-5H3,(H,28,30,32)/t22?,23-/m0/s1. The van der Waals surface area contributed by atoms with Gasteiger partial charge < -0.3 is 14.8 Å². The zero-order valence-electron chi connectivity index (χ0n) is 19.9. The van der Waals surface area contributed by atoms with E-state index in [4.69, 9.17) is 14.5 Å².